The Balaban J connectivity index is 1.68. The smallest absolute Gasteiger partial charge is 0.234 e. The first kappa shape index (κ1) is 18.9. The Hall–Kier alpha value is -2.43. The molecule has 1 saturated carbocycles. The third-order valence-electron chi connectivity index (χ3n) is 6.77. The van der Waals surface area contributed by atoms with Gasteiger partial charge >= 0.3 is 0 Å². The number of nitrogens with zero attached hydrogens (tertiary/aromatic N) is 2. The molecule has 1 heterocycles. The standard InChI is InChI=1S/C23H28N2O3/c1-3-24(4-2)19(26)14-18(15-8-6-5-7-9-15)25-22(27)20-16-10-11-17(13-12-16)21(20)23(25)28/h5-11,16-18,20-21H,3-4,12-14H2,1-2H3/t16-,17-,18+,20-,21-/m0/s1. The normalized spacial score (nSPS) is 29.1. The van der Waals surface area contributed by atoms with Gasteiger partial charge in [-0.05, 0) is 44.1 Å². The highest BCUT2D eigenvalue weighted by Gasteiger charge is 2.58. The van der Waals surface area contributed by atoms with Crippen LogP contribution in [0, 0.1) is 23.7 Å². The molecule has 28 heavy (non-hydrogen) atoms. The van der Waals surface area contributed by atoms with Crippen LogP contribution in [0.2, 0.25) is 0 Å². The maximum Gasteiger partial charge on any atom is 0.234 e. The van der Waals surface area contributed by atoms with Crippen molar-refractivity contribution in [2.24, 2.45) is 23.7 Å². The van der Waals surface area contributed by atoms with E-state index in [1.54, 1.807) is 4.90 Å². The van der Waals surface area contributed by atoms with Gasteiger partial charge in [0.25, 0.3) is 0 Å². The average molecular weight is 380 g/mol. The van der Waals surface area contributed by atoms with Crippen molar-refractivity contribution in [2.75, 3.05) is 13.1 Å². The molecule has 3 amide bonds. The number of amides is 3. The Morgan fingerprint density at radius 1 is 1.00 bits per heavy atom. The number of allylic oxidation sites excluding steroid dienone is 2. The van der Waals surface area contributed by atoms with Crippen molar-refractivity contribution < 1.29 is 14.4 Å². The molecule has 148 valence electrons. The molecule has 0 N–H and O–H groups in total. The molecule has 5 heteroatoms. The largest absolute Gasteiger partial charge is 0.343 e. The molecule has 0 aromatic heterocycles. The molecule has 5 atom stereocenters. The molecule has 1 aromatic rings. The van der Waals surface area contributed by atoms with Crippen LogP contribution in [0.1, 0.15) is 44.7 Å². The van der Waals surface area contributed by atoms with Gasteiger partial charge in [-0.2, -0.15) is 0 Å². The van der Waals surface area contributed by atoms with Crippen LogP contribution in [0.15, 0.2) is 42.5 Å². The van der Waals surface area contributed by atoms with Crippen LogP contribution >= 0.6 is 0 Å². The number of fused-ring (bicyclic) bond motifs is 1. The van der Waals surface area contributed by atoms with Gasteiger partial charge in [-0.3, -0.25) is 19.3 Å². The van der Waals surface area contributed by atoms with Gasteiger partial charge in [0.2, 0.25) is 17.7 Å². The van der Waals surface area contributed by atoms with E-state index >= 15 is 0 Å². The van der Waals surface area contributed by atoms with E-state index in [1.165, 1.54) is 4.90 Å². The Bertz CT molecular complexity index is 767. The van der Waals surface area contributed by atoms with Crippen molar-refractivity contribution in [1.29, 1.82) is 0 Å². The highest BCUT2D eigenvalue weighted by molar-refractivity contribution is 6.06. The molecule has 0 unspecified atom stereocenters. The molecular weight excluding hydrogens is 352 g/mol. The lowest BCUT2D eigenvalue weighted by molar-refractivity contribution is -0.144. The van der Waals surface area contributed by atoms with Gasteiger partial charge in [-0.15, -0.1) is 0 Å². The number of carbonyl (C=O) groups excluding carboxylic acids is 3. The number of hydrogen-bond acceptors (Lipinski definition) is 3. The van der Waals surface area contributed by atoms with Crippen LogP contribution in [-0.4, -0.2) is 40.6 Å². The lowest BCUT2D eigenvalue weighted by Crippen LogP contribution is -2.40. The molecule has 1 aliphatic heterocycles. The van der Waals surface area contributed by atoms with E-state index in [0.29, 0.717) is 13.1 Å². The molecule has 4 aliphatic rings. The van der Waals surface area contributed by atoms with Crippen molar-refractivity contribution >= 4 is 17.7 Å². The molecule has 5 nitrogen and oxygen atoms in total. The van der Waals surface area contributed by atoms with Gasteiger partial charge < -0.3 is 4.90 Å². The van der Waals surface area contributed by atoms with Crippen LogP contribution in [0.4, 0.5) is 0 Å². The van der Waals surface area contributed by atoms with Crippen LogP contribution in [0.3, 0.4) is 0 Å². The average Bonchev–Trinajstić information content (AvgIpc) is 3.01. The van der Waals surface area contributed by atoms with Crippen molar-refractivity contribution in [3.05, 3.63) is 48.0 Å². The Kier molecular flexibility index (Phi) is 5.09. The fourth-order valence-electron chi connectivity index (χ4n) is 5.31. The molecular formula is C23H28N2O3. The number of benzene rings is 1. The minimum absolute atomic E-state index is 0.0181. The molecule has 0 spiro atoms. The van der Waals surface area contributed by atoms with Crippen molar-refractivity contribution in [3.63, 3.8) is 0 Å². The monoisotopic (exact) mass is 380 g/mol. The Morgan fingerprint density at radius 3 is 2.00 bits per heavy atom. The molecule has 1 aromatic carbocycles. The van der Waals surface area contributed by atoms with Crippen molar-refractivity contribution in [3.8, 4) is 0 Å². The van der Waals surface area contributed by atoms with E-state index in [1.807, 2.05) is 44.2 Å². The topological polar surface area (TPSA) is 57.7 Å². The predicted molar refractivity (Wildman–Crippen MR) is 106 cm³/mol. The van der Waals surface area contributed by atoms with Crippen LogP contribution in [0.25, 0.3) is 0 Å². The summed E-state index contributed by atoms with van der Waals surface area (Å²) in [4.78, 5) is 42.9. The molecule has 0 radical (unpaired) electrons. The van der Waals surface area contributed by atoms with E-state index in [0.717, 1.165) is 18.4 Å². The Morgan fingerprint density at radius 2 is 1.54 bits per heavy atom. The van der Waals surface area contributed by atoms with Gasteiger partial charge in [0.05, 0.1) is 24.3 Å². The number of rotatable bonds is 6. The van der Waals surface area contributed by atoms with Gasteiger partial charge in [0, 0.05) is 13.1 Å². The summed E-state index contributed by atoms with van der Waals surface area (Å²) in [7, 11) is 0. The third kappa shape index (κ3) is 2.97. The molecule has 2 bridgehead atoms. The fourth-order valence-corrected chi connectivity index (χ4v) is 5.31. The van der Waals surface area contributed by atoms with E-state index in [4.69, 9.17) is 0 Å². The zero-order valence-electron chi connectivity index (χ0n) is 16.6. The molecule has 2 fully saturated rings. The number of carbonyl (C=O) groups is 3. The van der Waals surface area contributed by atoms with E-state index in [2.05, 4.69) is 12.2 Å². The highest BCUT2D eigenvalue weighted by atomic mass is 16.2. The van der Waals surface area contributed by atoms with Crippen LogP contribution in [0.5, 0.6) is 0 Å². The van der Waals surface area contributed by atoms with Crippen LogP contribution in [-0.2, 0) is 14.4 Å². The minimum atomic E-state index is -0.528. The zero-order valence-corrected chi connectivity index (χ0v) is 16.6. The van der Waals surface area contributed by atoms with Crippen LogP contribution < -0.4 is 0 Å². The number of imide groups is 1. The molecule has 5 rings (SSSR count). The number of likely N-dealkylation sites (tertiary alicyclic amines) is 1. The first-order valence-corrected chi connectivity index (χ1v) is 10.4. The lowest BCUT2D eigenvalue weighted by atomic mass is 9.63. The zero-order chi connectivity index (χ0) is 19.8. The second-order valence-corrected chi connectivity index (χ2v) is 8.08. The highest BCUT2D eigenvalue weighted by Crippen LogP contribution is 2.51. The maximum absolute atomic E-state index is 13.4. The Labute approximate surface area is 166 Å². The summed E-state index contributed by atoms with van der Waals surface area (Å²) in [5, 5.41) is 0. The minimum Gasteiger partial charge on any atom is -0.343 e. The van der Waals surface area contributed by atoms with Gasteiger partial charge in [0.1, 0.15) is 0 Å². The summed E-state index contributed by atoms with van der Waals surface area (Å²) in [6.45, 7) is 5.14. The summed E-state index contributed by atoms with van der Waals surface area (Å²) in [6, 6.07) is 9.00. The lowest BCUT2D eigenvalue weighted by Gasteiger charge is -2.38. The quantitative estimate of drug-likeness (QED) is 0.563. The summed E-state index contributed by atoms with van der Waals surface area (Å²) in [5.74, 6) is -0.365. The van der Waals surface area contributed by atoms with E-state index in [-0.39, 0.29) is 47.8 Å². The van der Waals surface area contributed by atoms with Gasteiger partial charge in [-0.1, -0.05) is 42.5 Å². The summed E-state index contributed by atoms with van der Waals surface area (Å²) < 4.78 is 0. The van der Waals surface area contributed by atoms with Gasteiger partial charge in [0.15, 0.2) is 0 Å². The van der Waals surface area contributed by atoms with E-state index in [9.17, 15) is 14.4 Å². The third-order valence-corrected chi connectivity index (χ3v) is 6.77. The SMILES string of the molecule is CCN(CC)C(=O)C[C@H](c1ccccc1)N1C(=O)[C@@H]2[C@@H](C1=O)[C@H]1C=C[C@H]2CC1. The number of hydrogen-bond donors (Lipinski definition) is 0. The second kappa shape index (κ2) is 7.53. The van der Waals surface area contributed by atoms with E-state index < -0.39 is 6.04 Å². The summed E-state index contributed by atoms with van der Waals surface area (Å²) in [5.41, 5.74) is 0.851. The van der Waals surface area contributed by atoms with Crippen molar-refractivity contribution in [2.45, 2.75) is 39.2 Å². The maximum atomic E-state index is 13.4. The van der Waals surface area contributed by atoms with Crippen molar-refractivity contribution in [1.82, 2.24) is 9.80 Å². The molecule has 1 saturated heterocycles. The fraction of sp³-hybridized carbons (Fsp3) is 0.522. The second-order valence-electron chi connectivity index (χ2n) is 8.08. The summed E-state index contributed by atoms with van der Waals surface area (Å²) >= 11 is 0. The first-order valence-electron chi connectivity index (χ1n) is 10.4. The van der Waals surface area contributed by atoms with Gasteiger partial charge in [-0.25, -0.2) is 0 Å². The first-order chi connectivity index (χ1) is 13.6. The molecule has 3 aliphatic carbocycles. The summed E-state index contributed by atoms with van der Waals surface area (Å²) in [6.07, 6.45) is 6.35. The predicted octanol–water partition coefficient (Wildman–Crippen LogP) is 3.18.